The van der Waals surface area contributed by atoms with Crippen molar-refractivity contribution in [1.29, 1.82) is 0 Å². The molecule has 2 aromatic rings. The highest BCUT2D eigenvalue weighted by atomic mass is 79.9. The molecule has 0 unspecified atom stereocenters. The van der Waals surface area contributed by atoms with E-state index in [0.717, 1.165) is 26.6 Å². The van der Waals surface area contributed by atoms with E-state index < -0.39 is 0 Å². The number of hydrogen-bond acceptors (Lipinski definition) is 3. The van der Waals surface area contributed by atoms with Gasteiger partial charge in [-0.15, -0.1) is 0 Å². The van der Waals surface area contributed by atoms with Crippen molar-refractivity contribution >= 4 is 55.4 Å². The number of benzene rings is 2. The summed E-state index contributed by atoms with van der Waals surface area (Å²) in [5, 5.41) is 7.49. The van der Waals surface area contributed by atoms with E-state index in [2.05, 4.69) is 47.7 Å². The average molecular weight is 489 g/mol. The highest BCUT2D eigenvalue weighted by Gasteiger charge is 2.09. The van der Waals surface area contributed by atoms with Crippen LogP contribution in [0.1, 0.15) is 18.1 Å². The van der Waals surface area contributed by atoms with Gasteiger partial charge in [0.15, 0.2) is 5.11 Å². The van der Waals surface area contributed by atoms with Crippen LogP contribution in [0.25, 0.3) is 0 Å². The van der Waals surface area contributed by atoms with Crippen LogP contribution in [0, 0.1) is 5.82 Å². The molecule has 0 radical (unpaired) electrons. The van der Waals surface area contributed by atoms with Crippen LogP contribution >= 0.6 is 44.1 Å². The van der Waals surface area contributed by atoms with Crippen molar-refractivity contribution in [2.45, 2.75) is 13.5 Å². The Morgan fingerprint density at radius 1 is 1.24 bits per heavy atom. The van der Waals surface area contributed by atoms with E-state index >= 15 is 0 Å². The first-order valence-electron chi connectivity index (χ1n) is 7.42. The van der Waals surface area contributed by atoms with Crippen LogP contribution in [-0.4, -0.2) is 17.9 Å². The van der Waals surface area contributed by atoms with Crippen LogP contribution in [0.4, 0.5) is 4.39 Å². The van der Waals surface area contributed by atoms with Gasteiger partial charge in [0.2, 0.25) is 0 Å². The fourth-order valence-electron chi connectivity index (χ4n) is 1.89. The number of nitrogens with one attached hydrogen (secondary N) is 2. The number of thiocarbonyl (C=S) groups is 1. The number of ether oxygens (including phenoxy) is 1. The van der Waals surface area contributed by atoms with Gasteiger partial charge < -0.3 is 10.1 Å². The van der Waals surface area contributed by atoms with Gasteiger partial charge in [0.1, 0.15) is 18.2 Å². The summed E-state index contributed by atoms with van der Waals surface area (Å²) in [6.07, 6.45) is 1.66. The molecule has 4 nitrogen and oxygen atoms in total. The van der Waals surface area contributed by atoms with E-state index in [1.165, 1.54) is 12.1 Å². The largest absolute Gasteiger partial charge is 0.487 e. The highest BCUT2D eigenvalue weighted by molar-refractivity contribution is 9.11. The van der Waals surface area contributed by atoms with Crippen LogP contribution in [0.3, 0.4) is 0 Å². The van der Waals surface area contributed by atoms with Crippen LogP contribution in [-0.2, 0) is 6.61 Å². The molecule has 0 spiro atoms. The fraction of sp³-hybridized carbons (Fsp3) is 0.176. The Bertz CT molecular complexity index is 746. The predicted octanol–water partition coefficient (Wildman–Crippen LogP) is 4.75. The first-order valence-corrected chi connectivity index (χ1v) is 9.42. The van der Waals surface area contributed by atoms with Gasteiger partial charge in [-0.1, -0.05) is 12.1 Å². The molecule has 8 heteroatoms. The molecule has 0 aromatic heterocycles. The molecule has 0 fully saturated rings. The standard InChI is InChI=1S/C17H16Br2FN3OS/c1-2-21-17(25)23-22-9-12-7-14(18)16(15(19)8-12)24-10-11-3-5-13(20)6-4-11/h3-9H,2,10H2,1H3,(H2,21,23,25)/b22-9-. The molecule has 2 N–H and O–H groups in total. The second-order valence-corrected chi connectivity index (χ2v) is 7.08. The Kier molecular flexibility index (Phi) is 7.80. The summed E-state index contributed by atoms with van der Waals surface area (Å²) in [4.78, 5) is 0. The summed E-state index contributed by atoms with van der Waals surface area (Å²) < 4.78 is 20.3. The molecule has 2 aromatic carbocycles. The molecule has 0 aliphatic heterocycles. The van der Waals surface area contributed by atoms with Gasteiger partial charge in [-0.2, -0.15) is 5.10 Å². The number of nitrogens with zero attached hydrogens (tertiary/aromatic N) is 1. The topological polar surface area (TPSA) is 45.7 Å². The maximum Gasteiger partial charge on any atom is 0.186 e. The first-order chi connectivity index (χ1) is 12.0. The van der Waals surface area contributed by atoms with E-state index in [-0.39, 0.29) is 5.82 Å². The molecular formula is C17H16Br2FN3OS. The molecule has 0 saturated heterocycles. The summed E-state index contributed by atoms with van der Waals surface area (Å²) in [5.74, 6) is 0.398. The minimum atomic E-state index is -0.267. The number of halogens is 3. The lowest BCUT2D eigenvalue weighted by molar-refractivity contribution is 0.302. The van der Waals surface area contributed by atoms with Crippen molar-refractivity contribution in [2.24, 2.45) is 5.10 Å². The lowest BCUT2D eigenvalue weighted by Gasteiger charge is -2.11. The monoisotopic (exact) mass is 487 g/mol. The summed E-state index contributed by atoms with van der Waals surface area (Å²) in [7, 11) is 0. The molecular weight excluding hydrogens is 473 g/mol. The molecule has 0 amide bonds. The fourth-order valence-corrected chi connectivity index (χ4v) is 3.54. The van der Waals surface area contributed by atoms with Crippen LogP contribution < -0.4 is 15.5 Å². The number of rotatable bonds is 6. The minimum absolute atomic E-state index is 0.267. The van der Waals surface area contributed by atoms with Gasteiger partial charge >= 0.3 is 0 Å². The number of hydrogen-bond donors (Lipinski definition) is 2. The van der Waals surface area contributed by atoms with Crippen molar-refractivity contribution in [1.82, 2.24) is 10.7 Å². The van der Waals surface area contributed by atoms with Gasteiger partial charge in [0.05, 0.1) is 15.2 Å². The van der Waals surface area contributed by atoms with Crippen molar-refractivity contribution in [3.8, 4) is 5.75 Å². The third-order valence-corrected chi connectivity index (χ3v) is 4.45. The van der Waals surface area contributed by atoms with E-state index in [1.54, 1.807) is 18.3 Å². The van der Waals surface area contributed by atoms with Gasteiger partial charge in [-0.25, -0.2) is 4.39 Å². The van der Waals surface area contributed by atoms with Crippen LogP contribution in [0.2, 0.25) is 0 Å². The maximum absolute atomic E-state index is 12.9. The Labute approximate surface area is 168 Å². The molecule has 0 heterocycles. The predicted molar refractivity (Wildman–Crippen MR) is 110 cm³/mol. The lowest BCUT2D eigenvalue weighted by atomic mass is 10.2. The zero-order chi connectivity index (χ0) is 18.2. The molecule has 25 heavy (non-hydrogen) atoms. The van der Waals surface area contributed by atoms with E-state index in [0.29, 0.717) is 17.5 Å². The second kappa shape index (κ2) is 9.84. The van der Waals surface area contributed by atoms with Crippen molar-refractivity contribution in [2.75, 3.05) is 6.54 Å². The zero-order valence-corrected chi connectivity index (χ0v) is 17.3. The molecule has 0 saturated carbocycles. The number of hydrazone groups is 1. The second-order valence-electron chi connectivity index (χ2n) is 4.96. The van der Waals surface area contributed by atoms with Crippen molar-refractivity contribution in [3.63, 3.8) is 0 Å². The van der Waals surface area contributed by atoms with Crippen molar-refractivity contribution in [3.05, 3.63) is 62.3 Å². The van der Waals surface area contributed by atoms with Crippen LogP contribution in [0.5, 0.6) is 5.75 Å². The molecule has 132 valence electrons. The zero-order valence-electron chi connectivity index (χ0n) is 13.4. The SMILES string of the molecule is CCNC(=S)N/N=C\c1cc(Br)c(OCc2ccc(F)cc2)c(Br)c1. The van der Waals surface area contributed by atoms with E-state index in [1.807, 2.05) is 19.1 Å². The van der Waals surface area contributed by atoms with E-state index in [4.69, 9.17) is 17.0 Å². The van der Waals surface area contributed by atoms with Gasteiger partial charge in [0.25, 0.3) is 0 Å². The molecule has 0 aliphatic rings. The summed E-state index contributed by atoms with van der Waals surface area (Å²) in [5.41, 5.74) is 4.48. The highest BCUT2D eigenvalue weighted by Crippen LogP contribution is 2.35. The lowest BCUT2D eigenvalue weighted by Crippen LogP contribution is -2.31. The first kappa shape index (κ1) is 19.8. The smallest absolute Gasteiger partial charge is 0.186 e. The average Bonchev–Trinajstić information content (AvgIpc) is 2.56. The third-order valence-electron chi connectivity index (χ3n) is 3.03. The van der Waals surface area contributed by atoms with Gasteiger partial charge in [-0.3, -0.25) is 5.43 Å². The van der Waals surface area contributed by atoms with Gasteiger partial charge in [-0.05, 0) is 86.4 Å². The summed E-state index contributed by atoms with van der Waals surface area (Å²) >= 11 is 12.0. The van der Waals surface area contributed by atoms with E-state index in [9.17, 15) is 4.39 Å². The van der Waals surface area contributed by atoms with Crippen LogP contribution in [0.15, 0.2) is 50.4 Å². The molecule has 0 aliphatic carbocycles. The third kappa shape index (κ3) is 6.37. The summed E-state index contributed by atoms with van der Waals surface area (Å²) in [6, 6.07) is 9.97. The van der Waals surface area contributed by atoms with Gasteiger partial charge in [0, 0.05) is 6.54 Å². The Morgan fingerprint density at radius 3 is 2.48 bits per heavy atom. The minimum Gasteiger partial charge on any atom is -0.487 e. The quantitative estimate of drug-likeness (QED) is 0.350. The molecule has 0 atom stereocenters. The summed E-state index contributed by atoms with van der Waals surface area (Å²) in [6.45, 7) is 3.03. The van der Waals surface area contributed by atoms with Crippen molar-refractivity contribution < 1.29 is 9.13 Å². The Balaban J connectivity index is 2.02. The Hall–Kier alpha value is -1.51. The normalized spacial score (nSPS) is 10.7. The Morgan fingerprint density at radius 2 is 1.88 bits per heavy atom. The maximum atomic E-state index is 12.9. The molecule has 0 bridgehead atoms. The molecule has 2 rings (SSSR count).